The maximum Gasteiger partial charge on any atom is 0.322 e. The molecular weight excluding hydrogens is 338 g/mol. The average Bonchev–Trinajstić information content (AvgIpc) is 3.35. The van der Waals surface area contributed by atoms with Crippen LogP contribution in [0.5, 0.6) is 0 Å². The Morgan fingerprint density at radius 1 is 1.23 bits per heavy atom. The first kappa shape index (κ1) is 16.7. The molecule has 0 bridgehead atoms. The lowest BCUT2D eigenvalue weighted by atomic mass is 10.0. The number of hydrogen-bond acceptors (Lipinski definition) is 5. The van der Waals surface area contributed by atoms with Crippen molar-refractivity contribution in [1.82, 2.24) is 25.5 Å². The summed E-state index contributed by atoms with van der Waals surface area (Å²) in [4.78, 5) is 56.5. The first-order chi connectivity index (χ1) is 12.5. The van der Waals surface area contributed by atoms with Crippen molar-refractivity contribution in [1.29, 1.82) is 0 Å². The highest BCUT2D eigenvalue weighted by Gasteiger charge is 2.31. The fourth-order valence-corrected chi connectivity index (χ4v) is 3.48. The topological polar surface area (TPSA) is 124 Å². The van der Waals surface area contributed by atoms with E-state index in [1.54, 1.807) is 4.90 Å². The van der Waals surface area contributed by atoms with E-state index < -0.39 is 18.0 Å². The lowest BCUT2D eigenvalue weighted by molar-refractivity contribution is -0.132. The third kappa shape index (κ3) is 3.47. The molecule has 3 N–H and O–H groups in total. The van der Waals surface area contributed by atoms with Crippen LogP contribution in [-0.4, -0.2) is 45.3 Å². The van der Waals surface area contributed by atoms with Crippen LogP contribution in [0.25, 0.3) is 0 Å². The van der Waals surface area contributed by atoms with Gasteiger partial charge in [-0.15, -0.1) is 0 Å². The van der Waals surface area contributed by atoms with Crippen LogP contribution in [0.1, 0.15) is 42.8 Å². The van der Waals surface area contributed by atoms with Crippen LogP contribution in [0.2, 0.25) is 0 Å². The highest BCUT2D eigenvalue weighted by atomic mass is 16.2. The van der Waals surface area contributed by atoms with Gasteiger partial charge in [0, 0.05) is 24.9 Å². The molecule has 1 aromatic heterocycles. The summed E-state index contributed by atoms with van der Waals surface area (Å²) in [5.41, 5.74) is 1.25. The van der Waals surface area contributed by atoms with Crippen LogP contribution >= 0.6 is 0 Å². The summed E-state index contributed by atoms with van der Waals surface area (Å²) in [6, 6.07) is -1.18. The predicted molar refractivity (Wildman–Crippen MR) is 90.1 cm³/mol. The minimum absolute atomic E-state index is 0.0944. The van der Waals surface area contributed by atoms with Gasteiger partial charge in [0.25, 0.3) is 11.5 Å². The van der Waals surface area contributed by atoms with Gasteiger partial charge in [0.1, 0.15) is 11.9 Å². The van der Waals surface area contributed by atoms with Crippen LogP contribution < -0.4 is 16.2 Å². The molecule has 2 aliphatic heterocycles. The fourth-order valence-electron chi connectivity index (χ4n) is 3.48. The Kier molecular flexibility index (Phi) is 4.21. The van der Waals surface area contributed by atoms with Gasteiger partial charge in [-0.3, -0.25) is 19.7 Å². The third-order valence-corrected chi connectivity index (χ3v) is 5.16. The van der Waals surface area contributed by atoms with E-state index in [1.165, 1.54) is 12.8 Å². The van der Waals surface area contributed by atoms with Crippen molar-refractivity contribution in [2.24, 2.45) is 5.92 Å². The first-order valence-electron chi connectivity index (χ1n) is 8.99. The molecule has 4 amide bonds. The predicted octanol–water partition coefficient (Wildman–Crippen LogP) is -0.405. The maximum atomic E-state index is 12.5. The van der Waals surface area contributed by atoms with E-state index in [1.807, 2.05) is 0 Å². The number of amides is 4. The molecule has 9 heteroatoms. The van der Waals surface area contributed by atoms with Gasteiger partial charge in [0.15, 0.2) is 0 Å². The number of carbonyl (C=O) groups is 3. The number of hydrogen-bond donors (Lipinski definition) is 3. The molecule has 1 atom stereocenters. The summed E-state index contributed by atoms with van der Waals surface area (Å²) in [5, 5.41) is 4.64. The molecule has 9 nitrogen and oxygen atoms in total. The Morgan fingerprint density at radius 2 is 2.04 bits per heavy atom. The summed E-state index contributed by atoms with van der Waals surface area (Å²) in [5.74, 6) is 0.821. The SMILES string of the molecule is O=C1NC(=O)[C@H](CCC(=O)N2CCc3c(nc(CC4CC4)[nH]c3=O)C2)N1. The lowest BCUT2D eigenvalue weighted by Gasteiger charge is -2.28. The van der Waals surface area contributed by atoms with Crippen molar-refractivity contribution in [2.75, 3.05) is 6.54 Å². The van der Waals surface area contributed by atoms with Crippen molar-refractivity contribution in [3.63, 3.8) is 0 Å². The number of nitrogens with one attached hydrogen (secondary N) is 3. The Labute approximate surface area is 149 Å². The van der Waals surface area contributed by atoms with Gasteiger partial charge in [-0.1, -0.05) is 0 Å². The number of urea groups is 1. The summed E-state index contributed by atoms with van der Waals surface area (Å²) in [6.07, 6.45) is 4.04. The summed E-state index contributed by atoms with van der Waals surface area (Å²) < 4.78 is 0. The molecule has 3 aliphatic rings. The number of aromatic amines is 1. The molecular formula is C17H21N5O4. The number of fused-ring (bicyclic) bond motifs is 1. The number of carbonyl (C=O) groups excluding carboxylic acids is 3. The van der Waals surface area contributed by atoms with Crippen molar-refractivity contribution >= 4 is 17.8 Å². The molecule has 1 saturated heterocycles. The lowest BCUT2D eigenvalue weighted by Crippen LogP contribution is -2.40. The van der Waals surface area contributed by atoms with E-state index >= 15 is 0 Å². The zero-order chi connectivity index (χ0) is 18.3. The highest BCUT2D eigenvalue weighted by molar-refractivity contribution is 6.04. The molecule has 1 saturated carbocycles. The van der Waals surface area contributed by atoms with Crippen molar-refractivity contribution < 1.29 is 14.4 Å². The standard InChI is InChI=1S/C17H21N5O4/c23-14(4-3-11-16(25)21-17(26)19-11)22-6-5-10-12(8-22)18-13(20-15(10)24)7-9-1-2-9/h9,11H,1-8H2,(H,18,20,24)(H2,19,21,25,26)/t11-/m0/s1. The number of nitrogens with zero attached hydrogens (tertiary/aromatic N) is 2. The molecule has 4 rings (SSSR count). The monoisotopic (exact) mass is 359 g/mol. The molecule has 0 spiro atoms. The van der Waals surface area contributed by atoms with Crippen LogP contribution in [0, 0.1) is 5.92 Å². The largest absolute Gasteiger partial charge is 0.336 e. The molecule has 2 fully saturated rings. The van der Waals surface area contributed by atoms with Crippen molar-refractivity contribution in [3.8, 4) is 0 Å². The number of rotatable bonds is 5. The van der Waals surface area contributed by atoms with E-state index in [9.17, 15) is 19.2 Å². The summed E-state index contributed by atoms with van der Waals surface area (Å²) in [7, 11) is 0. The van der Waals surface area contributed by atoms with Crippen LogP contribution in [-0.2, 0) is 29.0 Å². The van der Waals surface area contributed by atoms with Crippen LogP contribution in [0.4, 0.5) is 4.79 Å². The van der Waals surface area contributed by atoms with Gasteiger partial charge in [-0.05, 0) is 31.6 Å². The fraction of sp³-hybridized carbons (Fsp3) is 0.588. The Hall–Kier alpha value is -2.71. The summed E-state index contributed by atoms with van der Waals surface area (Å²) >= 11 is 0. The zero-order valence-electron chi connectivity index (χ0n) is 14.3. The van der Waals surface area contributed by atoms with Gasteiger partial charge in [0.05, 0.1) is 12.2 Å². The number of imide groups is 1. The minimum atomic E-state index is -0.658. The second kappa shape index (κ2) is 6.54. The first-order valence-corrected chi connectivity index (χ1v) is 8.99. The minimum Gasteiger partial charge on any atom is -0.336 e. The van der Waals surface area contributed by atoms with Crippen LogP contribution in [0.3, 0.4) is 0 Å². The van der Waals surface area contributed by atoms with Crippen molar-refractivity contribution in [3.05, 3.63) is 27.4 Å². The number of H-pyrrole nitrogens is 1. The van der Waals surface area contributed by atoms with Gasteiger partial charge in [-0.2, -0.15) is 0 Å². The average molecular weight is 359 g/mol. The van der Waals surface area contributed by atoms with Gasteiger partial charge in [-0.25, -0.2) is 9.78 Å². The maximum absolute atomic E-state index is 12.5. The van der Waals surface area contributed by atoms with Gasteiger partial charge < -0.3 is 15.2 Å². The second-order valence-corrected chi connectivity index (χ2v) is 7.20. The Morgan fingerprint density at radius 3 is 2.73 bits per heavy atom. The molecule has 3 heterocycles. The van der Waals surface area contributed by atoms with E-state index in [0.29, 0.717) is 42.5 Å². The van der Waals surface area contributed by atoms with Crippen LogP contribution in [0.15, 0.2) is 4.79 Å². The second-order valence-electron chi connectivity index (χ2n) is 7.20. The van der Waals surface area contributed by atoms with Gasteiger partial charge in [0.2, 0.25) is 5.91 Å². The molecule has 26 heavy (non-hydrogen) atoms. The normalized spacial score (nSPS) is 22.0. The molecule has 1 aliphatic carbocycles. The number of aromatic nitrogens is 2. The van der Waals surface area contributed by atoms with Crippen molar-refractivity contribution in [2.45, 2.75) is 51.1 Å². The Balaban J connectivity index is 1.39. The summed E-state index contributed by atoms with van der Waals surface area (Å²) in [6.45, 7) is 0.779. The smallest absolute Gasteiger partial charge is 0.322 e. The highest BCUT2D eigenvalue weighted by Crippen LogP contribution is 2.31. The van der Waals surface area contributed by atoms with E-state index in [4.69, 9.17) is 0 Å². The van der Waals surface area contributed by atoms with Gasteiger partial charge >= 0.3 is 6.03 Å². The molecule has 0 aromatic carbocycles. The Bertz CT molecular complexity index is 829. The molecule has 138 valence electrons. The quantitative estimate of drug-likeness (QED) is 0.617. The molecule has 1 aromatic rings. The van der Waals surface area contributed by atoms with E-state index in [-0.39, 0.29) is 24.3 Å². The zero-order valence-corrected chi connectivity index (χ0v) is 14.3. The molecule has 0 radical (unpaired) electrons. The third-order valence-electron chi connectivity index (χ3n) is 5.16. The molecule has 0 unspecified atom stereocenters. The van der Waals surface area contributed by atoms with E-state index in [2.05, 4.69) is 20.6 Å². The van der Waals surface area contributed by atoms with E-state index in [0.717, 1.165) is 6.42 Å².